The summed E-state index contributed by atoms with van der Waals surface area (Å²) in [5.74, 6) is 0.581. The zero-order valence-electron chi connectivity index (χ0n) is 14.0. The molecule has 2 atom stereocenters. The summed E-state index contributed by atoms with van der Waals surface area (Å²) in [5.41, 5.74) is 0.375. The Hall–Kier alpha value is -1.67. The molecule has 1 aromatic rings. The molecule has 2 saturated heterocycles. The van der Waals surface area contributed by atoms with Crippen molar-refractivity contribution in [3.63, 3.8) is 0 Å². The van der Waals surface area contributed by atoms with Crippen molar-refractivity contribution in [2.24, 2.45) is 11.8 Å². The van der Waals surface area contributed by atoms with E-state index in [9.17, 15) is 18.5 Å². The van der Waals surface area contributed by atoms with Crippen molar-refractivity contribution in [2.75, 3.05) is 31.1 Å². The molecule has 3 rings (SSSR count). The van der Waals surface area contributed by atoms with E-state index in [-0.39, 0.29) is 10.6 Å². The predicted octanol–water partition coefficient (Wildman–Crippen LogP) is 2.47. The first-order chi connectivity index (χ1) is 11.3. The largest absolute Gasteiger partial charge is 0.366 e. The van der Waals surface area contributed by atoms with Gasteiger partial charge < -0.3 is 4.90 Å². The third-order valence-corrected chi connectivity index (χ3v) is 6.64. The van der Waals surface area contributed by atoms with Gasteiger partial charge in [-0.05, 0) is 36.8 Å². The number of sulfonamides is 1. The topological polar surface area (TPSA) is 83.8 Å². The Kier molecular flexibility index (Phi) is 4.52. The van der Waals surface area contributed by atoms with E-state index < -0.39 is 14.9 Å². The molecule has 7 nitrogen and oxygen atoms in total. The Labute approximate surface area is 142 Å². The Morgan fingerprint density at radius 1 is 1.17 bits per heavy atom. The van der Waals surface area contributed by atoms with Gasteiger partial charge in [-0.2, -0.15) is 4.31 Å². The molecule has 8 heteroatoms. The first-order valence-electron chi connectivity index (χ1n) is 8.32. The second-order valence-electron chi connectivity index (χ2n) is 7.02. The van der Waals surface area contributed by atoms with Gasteiger partial charge in [-0.1, -0.05) is 13.8 Å². The molecule has 0 spiro atoms. The van der Waals surface area contributed by atoms with E-state index in [1.165, 1.54) is 16.4 Å². The average Bonchev–Trinajstić information content (AvgIpc) is 2.44. The Bertz CT molecular complexity index is 736. The highest BCUT2D eigenvalue weighted by molar-refractivity contribution is 7.89. The first kappa shape index (κ1) is 17.2. The van der Waals surface area contributed by atoms with Crippen LogP contribution in [-0.2, 0) is 10.0 Å². The van der Waals surface area contributed by atoms with E-state index in [0.717, 1.165) is 25.9 Å². The molecule has 0 aromatic heterocycles. The Morgan fingerprint density at radius 2 is 1.79 bits per heavy atom. The number of piperidine rings is 1. The number of hydrogen-bond donors (Lipinski definition) is 0. The van der Waals surface area contributed by atoms with Crippen LogP contribution >= 0.6 is 0 Å². The lowest BCUT2D eigenvalue weighted by atomic mass is 9.94. The molecular formula is C16H23N3O4S. The van der Waals surface area contributed by atoms with Gasteiger partial charge in [0.15, 0.2) is 0 Å². The van der Waals surface area contributed by atoms with Crippen molar-refractivity contribution in [1.29, 1.82) is 0 Å². The number of nitro groups is 1. The van der Waals surface area contributed by atoms with Gasteiger partial charge in [-0.15, -0.1) is 0 Å². The molecule has 132 valence electrons. The second-order valence-corrected chi connectivity index (χ2v) is 8.95. The summed E-state index contributed by atoms with van der Waals surface area (Å²) >= 11 is 0. The molecule has 0 unspecified atom stereocenters. The number of rotatable bonds is 4. The molecule has 1 aromatic carbocycles. The maximum absolute atomic E-state index is 12.9. The van der Waals surface area contributed by atoms with E-state index in [1.54, 1.807) is 6.07 Å². The number of anilines is 1. The quantitative estimate of drug-likeness (QED) is 0.613. The van der Waals surface area contributed by atoms with Crippen molar-refractivity contribution in [2.45, 2.75) is 31.6 Å². The van der Waals surface area contributed by atoms with Gasteiger partial charge in [0.2, 0.25) is 10.0 Å². The molecule has 2 aliphatic heterocycles. The summed E-state index contributed by atoms with van der Waals surface area (Å²) in [6.45, 7) is 6.55. The van der Waals surface area contributed by atoms with Crippen LogP contribution in [0.15, 0.2) is 23.1 Å². The van der Waals surface area contributed by atoms with Crippen molar-refractivity contribution in [1.82, 2.24) is 4.31 Å². The highest BCUT2D eigenvalue weighted by atomic mass is 32.2. The molecule has 0 bridgehead atoms. The molecule has 0 radical (unpaired) electrons. The van der Waals surface area contributed by atoms with Gasteiger partial charge in [0.1, 0.15) is 5.69 Å². The van der Waals surface area contributed by atoms with Crippen LogP contribution < -0.4 is 4.90 Å². The van der Waals surface area contributed by atoms with Crippen molar-refractivity contribution >= 4 is 21.4 Å². The third-order valence-electron chi connectivity index (χ3n) is 4.81. The number of hydrogen-bond acceptors (Lipinski definition) is 5. The molecule has 24 heavy (non-hydrogen) atoms. The molecular weight excluding hydrogens is 330 g/mol. The zero-order chi connectivity index (χ0) is 17.5. The minimum absolute atomic E-state index is 0.0137. The van der Waals surface area contributed by atoms with Crippen LogP contribution in [0.25, 0.3) is 0 Å². The van der Waals surface area contributed by atoms with E-state index in [4.69, 9.17) is 0 Å². The summed E-state index contributed by atoms with van der Waals surface area (Å²) in [4.78, 5) is 12.8. The fraction of sp³-hybridized carbons (Fsp3) is 0.625. The van der Waals surface area contributed by atoms with E-state index >= 15 is 0 Å². The van der Waals surface area contributed by atoms with Gasteiger partial charge >= 0.3 is 0 Å². The number of nitrogens with zero attached hydrogens (tertiary/aromatic N) is 3. The molecule has 0 amide bonds. The van der Waals surface area contributed by atoms with Crippen LogP contribution in [0.2, 0.25) is 0 Å². The molecule has 2 fully saturated rings. The van der Waals surface area contributed by atoms with Crippen LogP contribution in [0, 0.1) is 22.0 Å². The van der Waals surface area contributed by atoms with Crippen molar-refractivity contribution in [3.05, 3.63) is 28.3 Å². The van der Waals surface area contributed by atoms with Gasteiger partial charge in [0.25, 0.3) is 5.69 Å². The highest BCUT2D eigenvalue weighted by Crippen LogP contribution is 2.35. The lowest BCUT2D eigenvalue weighted by Crippen LogP contribution is -2.42. The van der Waals surface area contributed by atoms with Gasteiger partial charge in [-0.3, -0.25) is 10.1 Å². The van der Waals surface area contributed by atoms with Crippen molar-refractivity contribution < 1.29 is 13.3 Å². The fourth-order valence-corrected chi connectivity index (χ4v) is 5.29. The lowest BCUT2D eigenvalue weighted by molar-refractivity contribution is -0.384. The molecule has 2 aliphatic rings. The van der Waals surface area contributed by atoms with Crippen LogP contribution in [-0.4, -0.2) is 43.8 Å². The fourth-order valence-electron chi connectivity index (χ4n) is 3.59. The van der Waals surface area contributed by atoms with Gasteiger partial charge in [-0.25, -0.2) is 8.42 Å². The lowest BCUT2D eigenvalue weighted by Gasteiger charge is -2.34. The van der Waals surface area contributed by atoms with Gasteiger partial charge in [0.05, 0.1) is 9.82 Å². The van der Waals surface area contributed by atoms with Crippen molar-refractivity contribution in [3.8, 4) is 0 Å². The zero-order valence-corrected chi connectivity index (χ0v) is 14.8. The van der Waals surface area contributed by atoms with Crippen LogP contribution in [0.5, 0.6) is 0 Å². The van der Waals surface area contributed by atoms with Gasteiger partial charge in [0, 0.05) is 32.2 Å². The summed E-state index contributed by atoms with van der Waals surface area (Å²) in [5, 5.41) is 11.4. The standard InChI is InChI=1S/C16H23N3O4S/c1-12-8-13(2)11-18(10-12)24(22,23)14-4-5-15(17-6-3-7-17)16(9-14)19(20)21/h4-5,9,12-13H,3,6-8,10-11H2,1-2H3/t12-,13-/m0/s1. The Morgan fingerprint density at radius 3 is 2.29 bits per heavy atom. The summed E-state index contributed by atoms with van der Waals surface area (Å²) in [6, 6.07) is 4.29. The molecule has 0 N–H and O–H groups in total. The minimum Gasteiger partial charge on any atom is -0.366 e. The highest BCUT2D eigenvalue weighted by Gasteiger charge is 2.33. The average molecular weight is 353 g/mol. The van der Waals surface area contributed by atoms with E-state index in [0.29, 0.717) is 30.6 Å². The summed E-state index contributed by atoms with van der Waals surface area (Å²) in [6.07, 6.45) is 2.00. The Balaban J connectivity index is 1.95. The number of nitro benzene ring substituents is 1. The third kappa shape index (κ3) is 3.12. The number of benzene rings is 1. The molecule has 0 aliphatic carbocycles. The smallest absolute Gasteiger partial charge is 0.293 e. The van der Waals surface area contributed by atoms with Crippen LogP contribution in [0.4, 0.5) is 11.4 Å². The molecule has 0 saturated carbocycles. The first-order valence-corrected chi connectivity index (χ1v) is 9.76. The summed E-state index contributed by atoms with van der Waals surface area (Å²) in [7, 11) is -3.70. The minimum atomic E-state index is -3.70. The van der Waals surface area contributed by atoms with Crippen LogP contribution in [0.3, 0.4) is 0 Å². The van der Waals surface area contributed by atoms with E-state index in [1.807, 2.05) is 18.7 Å². The SMILES string of the molecule is C[C@H]1C[C@H](C)CN(S(=O)(=O)c2ccc(N3CCC3)c([N+](=O)[O-])c2)C1. The maximum Gasteiger partial charge on any atom is 0.293 e. The summed E-state index contributed by atoms with van der Waals surface area (Å²) < 4.78 is 27.3. The normalized spacial score (nSPS) is 25.3. The monoisotopic (exact) mass is 353 g/mol. The predicted molar refractivity (Wildman–Crippen MR) is 91.6 cm³/mol. The van der Waals surface area contributed by atoms with E-state index in [2.05, 4.69) is 0 Å². The second kappa shape index (κ2) is 6.33. The maximum atomic E-state index is 12.9. The molecule has 2 heterocycles. The van der Waals surface area contributed by atoms with Crippen LogP contribution in [0.1, 0.15) is 26.7 Å².